The van der Waals surface area contributed by atoms with E-state index in [4.69, 9.17) is 4.42 Å². The molecule has 1 saturated carbocycles. The van der Waals surface area contributed by atoms with Crippen molar-refractivity contribution < 1.29 is 4.42 Å². The molecular weight excluding hydrogens is 296 g/mol. The standard InChI is InChI=1S/C21H24N2O/c1-13-8-11-18-17-6-4-5-7-19(17)24-21(18)20(13)23-14(2)22(3)15-9-10-16(23)12-15/h4-8,11,14-16H,9-10,12H2,1-3H3. The second kappa shape index (κ2) is 5.00. The van der Waals surface area contributed by atoms with Crippen LogP contribution in [0.4, 0.5) is 5.69 Å². The number of para-hydroxylation sites is 1. The summed E-state index contributed by atoms with van der Waals surface area (Å²) in [7, 11) is 2.28. The minimum Gasteiger partial charge on any atom is -0.454 e. The van der Waals surface area contributed by atoms with E-state index >= 15 is 0 Å². The number of hydrogen-bond acceptors (Lipinski definition) is 3. The lowest BCUT2D eigenvalue weighted by Crippen LogP contribution is -2.56. The Kier molecular flexibility index (Phi) is 2.99. The van der Waals surface area contributed by atoms with Crippen molar-refractivity contribution in [2.45, 2.75) is 51.4 Å². The van der Waals surface area contributed by atoms with Crippen LogP contribution in [0.3, 0.4) is 0 Å². The van der Waals surface area contributed by atoms with Crippen LogP contribution in [0.15, 0.2) is 40.8 Å². The van der Waals surface area contributed by atoms with E-state index < -0.39 is 0 Å². The molecule has 5 rings (SSSR count). The van der Waals surface area contributed by atoms with Crippen molar-refractivity contribution in [3.05, 3.63) is 42.0 Å². The average molecular weight is 320 g/mol. The Hall–Kier alpha value is -2.00. The molecular formula is C21H24N2O. The van der Waals surface area contributed by atoms with Gasteiger partial charge in [0.25, 0.3) is 0 Å². The summed E-state index contributed by atoms with van der Waals surface area (Å²) in [6.07, 6.45) is 4.29. The molecule has 3 atom stereocenters. The van der Waals surface area contributed by atoms with E-state index in [1.807, 2.05) is 0 Å². The van der Waals surface area contributed by atoms with Gasteiger partial charge in [-0.25, -0.2) is 0 Å². The van der Waals surface area contributed by atoms with Crippen molar-refractivity contribution in [3.63, 3.8) is 0 Å². The Balaban J connectivity index is 1.78. The van der Waals surface area contributed by atoms with Crippen LogP contribution in [0.25, 0.3) is 21.9 Å². The summed E-state index contributed by atoms with van der Waals surface area (Å²) in [5.74, 6) is 0. The Bertz CT molecular complexity index is 928. The predicted octanol–water partition coefficient (Wildman–Crippen LogP) is 4.91. The molecule has 1 aliphatic carbocycles. The molecule has 24 heavy (non-hydrogen) atoms. The maximum absolute atomic E-state index is 6.35. The fourth-order valence-electron chi connectivity index (χ4n) is 4.93. The summed E-state index contributed by atoms with van der Waals surface area (Å²) in [5.41, 5.74) is 4.66. The fourth-order valence-corrected chi connectivity index (χ4v) is 4.93. The molecule has 3 nitrogen and oxygen atoms in total. The van der Waals surface area contributed by atoms with Crippen LogP contribution in [0.2, 0.25) is 0 Å². The monoisotopic (exact) mass is 320 g/mol. The molecule has 2 aliphatic rings. The third-order valence-electron chi connectivity index (χ3n) is 6.32. The lowest BCUT2D eigenvalue weighted by Gasteiger charge is -2.47. The smallest absolute Gasteiger partial charge is 0.159 e. The third-order valence-corrected chi connectivity index (χ3v) is 6.32. The van der Waals surface area contributed by atoms with Crippen molar-refractivity contribution in [2.75, 3.05) is 11.9 Å². The van der Waals surface area contributed by atoms with Crippen molar-refractivity contribution in [1.82, 2.24) is 4.90 Å². The van der Waals surface area contributed by atoms with Crippen LogP contribution in [-0.2, 0) is 0 Å². The first-order valence-corrected chi connectivity index (χ1v) is 9.06. The van der Waals surface area contributed by atoms with Gasteiger partial charge in [0.2, 0.25) is 0 Å². The molecule has 1 aliphatic heterocycles. The SMILES string of the molecule is Cc1ccc2c(oc3ccccc32)c1N1C2CCC(C2)N(C)C1C. The lowest BCUT2D eigenvalue weighted by atomic mass is 10.0. The van der Waals surface area contributed by atoms with E-state index in [9.17, 15) is 0 Å². The highest BCUT2D eigenvalue weighted by Gasteiger charge is 2.42. The van der Waals surface area contributed by atoms with E-state index in [2.05, 4.69) is 67.1 Å². The molecule has 1 aromatic heterocycles. The molecule has 0 radical (unpaired) electrons. The highest BCUT2D eigenvalue weighted by molar-refractivity contribution is 6.09. The Labute approximate surface area is 142 Å². The second-order valence-electron chi connectivity index (χ2n) is 7.53. The van der Waals surface area contributed by atoms with Gasteiger partial charge >= 0.3 is 0 Å². The molecule has 2 fully saturated rings. The van der Waals surface area contributed by atoms with Crippen molar-refractivity contribution in [1.29, 1.82) is 0 Å². The zero-order valence-electron chi connectivity index (χ0n) is 14.6. The number of fused-ring (bicyclic) bond motifs is 5. The summed E-state index contributed by atoms with van der Waals surface area (Å²) in [4.78, 5) is 5.17. The molecule has 3 aromatic rings. The second-order valence-corrected chi connectivity index (χ2v) is 7.53. The van der Waals surface area contributed by atoms with E-state index in [1.165, 1.54) is 41.3 Å². The molecule has 3 unspecified atom stereocenters. The van der Waals surface area contributed by atoms with Gasteiger partial charge in [-0.15, -0.1) is 0 Å². The van der Waals surface area contributed by atoms with E-state index in [0.717, 1.165) is 17.2 Å². The summed E-state index contributed by atoms with van der Waals surface area (Å²) in [6.45, 7) is 4.56. The molecule has 124 valence electrons. The summed E-state index contributed by atoms with van der Waals surface area (Å²) in [6, 6.07) is 14.2. The van der Waals surface area contributed by atoms with Crippen LogP contribution < -0.4 is 4.90 Å². The highest BCUT2D eigenvalue weighted by Crippen LogP contribution is 2.44. The topological polar surface area (TPSA) is 19.6 Å². The van der Waals surface area contributed by atoms with Gasteiger partial charge in [0.1, 0.15) is 5.58 Å². The van der Waals surface area contributed by atoms with Gasteiger partial charge in [0, 0.05) is 22.9 Å². The number of furan rings is 1. The van der Waals surface area contributed by atoms with Gasteiger partial charge in [-0.3, -0.25) is 4.90 Å². The Morgan fingerprint density at radius 1 is 1.00 bits per heavy atom. The zero-order chi connectivity index (χ0) is 16.4. The van der Waals surface area contributed by atoms with Gasteiger partial charge in [-0.05, 0) is 51.8 Å². The largest absolute Gasteiger partial charge is 0.454 e. The highest BCUT2D eigenvalue weighted by atomic mass is 16.3. The van der Waals surface area contributed by atoms with Gasteiger partial charge in [-0.1, -0.05) is 30.3 Å². The molecule has 2 heterocycles. The summed E-state index contributed by atoms with van der Waals surface area (Å²) >= 11 is 0. The van der Waals surface area contributed by atoms with Crippen LogP contribution in [0.1, 0.15) is 31.7 Å². The number of hydrogen-bond donors (Lipinski definition) is 0. The number of anilines is 1. The number of nitrogens with zero attached hydrogens (tertiary/aromatic N) is 2. The molecule has 2 aromatic carbocycles. The van der Waals surface area contributed by atoms with Gasteiger partial charge < -0.3 is 9.32 Å². The average Bonchev–Trinajstić information content (AvgIpc) is 3.18. The van der Waals surface area contributed by atoms with E-state index in [0.29, 0.717) is 12.2 Å². The molecule has 1 saturated heterocycles. The van der Waals surface area contributed by atoms with Crippen molar-refractivity contribution >= 4 is 27.6 Å². The van der Waals surface area contributed by atoms with Crippen LogP contribution in [-0.4, -0.2) is 30.2 Å². The predicted molar refractivity (Wildman–Crippen MR) is 99.6 cm³/mol. The molecule has 0 amide bonds. The molecule has 3 heteroatoms. The normalized spacial score (nSPS) is 27.5. The molecule has 0 spiro atoms. The number of aryl methyl sites for hydroxylation is 1. The summed E-state index contributed by atoms with van der Waals surface area (Å²) < 4.78 is 6.35. The van der Waals surface area contributed by atoms with Gasteiger partial charge in [0.15, 0.2) is 5.58 Å². The Morgan fingerprint density at radius 3 is 2.67 bits per heavy atom. The van der Waals surface area contributed by atoms with Crippen LogP contribution in [0.5, 0.6) is 0 Å². The maximum atomic E-state index is 6.35. The molecule has 2 bridgehead atoms. The van der Waals surface area contributed by atoms with Crippen LogP contribution in [0, 0.1) is 6.92 Å². The third kappa shape index (κ3) is 1.82. The van der Waals surface area contributed by atoms with E-state index in [-0.39, 0.29) is 0 Å². The first kappa shape index (κ1) is 14.4. The number of rotatable bonds is 1. The lowest BCUT2D eigenvalue weighted by molar-refractivity contribution is 0.149. The van der Waals surface area contributed by atoms with Gasteiger partial charge in [0.05, 0.1) is 11.9 Å². The summed E-state index contributed by atoms with van der Waals surface area (Å²) in [5, 5.41) is 2.46. The van der Waals surface area contributed by atoms with Gasteiger partial charge in [-0.2, -0.15) is 0 Å². The Morgan fingerprint density at radius 2 is 1.79 bits per heavy atom. The molecule has 0 N–H and O–H groups in total. The fraction of sp³-hybridized carbons (Fsp3) is 0.429. The maximum Gasteiger partial charge on any atom is 0.159 e. The quantitative estimate of drug-likeness (QED) is 0.635. The minimum absolute atomic E-state index is 0.411. The number of benzene rings is 2. The first-order chi connectivity index (χ1) is 11.6. The van der Waals surface area contributed by atoms with Crippen molar-refractivity contribution in [3.8, 4) is 0 Å². The first-order valence-electron chi connectivity index (χ1n) is 9.06. The van der Waals surface area contributed by atoms with Crippen LogP contribution >= 0.6 is 0 Å². The minimum atomic E-state index is 0.411. The van der Waals surface area contributed by atoms with E-state index in [1.54, 1.807) is 0 Å². The zero-order valence-corrected chi connectivity index (χ0v) is 14.6. The van der Waals surface area contributed by atoms with Crippen molar-refractivity contribution in [2.24, 2.45) is 0 Å².